The molecule has 0 saturated carbocycles. The summed E-state index contributed by atoms with van der Waals surface area (Å²) in [5.41, 5.74) is 5.30. The summed E-state index contributed by atoms with van der Waals surface area (Å²) < 4.78 is 7.33. The number of amides is 1. The second-order valence-electron chi connectivity index (χ2n) is 8.79. The van der Waals surface area contributed by atoms with Gasteiger partial charge >= 0.3 is 0 Å². The van der Waals surface area contributed by atoms with E-state index in [1.54, 1.807) is 17.0 Å². The number of piperazine rings is 1. The van der Waals surface area contributed by atoms with Gasteiger partial charge in [-0.3, -0.25) is 4.79 Å². The van der Waals surface area contributed by atoms with Crippen molar-refractivity contribution in [1.29, 1.82) is 0 Å². The number of carbonyl (C=O) groups is 1. The Kier molecular flexibility index (Phi) is 5.88. The first-order valence-corrected chi connectivity index (χ1v) is 11.5. The Hall–Kier alpha value is -3.58. The van der Waals surface area contributed by atoms with Crippen LogP contribution in [0.4, 0.5) is 11.4 Å². The molecule has 2 aromatic heterocycles. The van der Waals surface area contributed by atoms with Crippen molar-refractivity contribution in [3.63, 3.8) is 0 Å². The molecule has 2 aromatic carbocycles. The highest BCUT2D eigenvalue weighted by Crippen LogP contribution is 2.21. The Morgan fingerprint density at radius 1 is 1.12 bits per heavy atom. The molecule has 0 spiro atoms. The van der Waals surface area contributed by atoms with E-state index in [0.29, 0.717) is 11.4 Å². The number of carbonyl (C=O) groups excluding carboxylic acids is 1. The second-order valence-corrected chi connectivity index (χ2v) is 8.79. The highest BCUT2D eigenvalue weighted by atomic mass is 16.3. The zero-order valence-corrected chi connectivity index (χ0v) is 19.2. The summed E-state index contributed by atoms with van der Waals surface area (Å²) in [6.07, 6.45) is 2.42. The molecule has 1 aliphatic heterocycles. The van der Waals surface area contributed by atoms with Crippen molar-refractivity contribution in [2.24, 2.45) is 7.05 Å². The number of nitrogens with one attached hydrogen (secondary N) is 2. The Balaban J connectivity index is 1.19. The average molecular weight is 445 g/mol. The predicted molar refractivity (Wildman–Crippen MR) is 130 cm³/mol. The van der Waals surface area contributed by atoms with Crippen molar-refractivity contribution in [1.82, 2.24) is 9.55 Å². The minimum atomic E-state index is -0.260. The first-order chi connectivity index (χ1) is 16.1. The smallest absolute Gasteiger partial charge is 0.291 e. The molecule has 3 heterocycles. The molecule has 7 heteroatoms. The van der Waals surface area contributed by atoms with Crippen molar-refractivity contribution >= 4 is 28.3 Å². The van der Waals surface area contributed by atoms with Crippen LogP contribution in [0, 0.1) is 6.92 Å². The lowest BCUT2D eigenvalue weighted by atomic mass is 10.2. The molecular formula is C26H30N5O2+. The Bertz CT molecular complexity index is 1240. The molecule has 7 nitrogen and oxygen atoms in total. The van der Waals surface area contributed by atoms with Gasteiger partial charge in [0.15, 0.2) is 5.76 Å². The number of quaternary nitrogens is 1. The number of aromatic nitrogens is 2. The number of imidazole rings is 1. The summed E-state index contributed by atoms with van der Waals surface area (Å²) in [5, 5.41) is 2.88. The fourth-order valence-corrected chi connectivity index (χ4v) is 4.53. The van der Waals surface area contributed by atoms with Crippen molar-refractivity contribution in [3.05, 3.63) is 78.0 Å². The minimum Gasteiger partial charge on any atom is -0.459 e. The van der Waals surface area contributed by atoms with Gasteiger partial charge in [-0.1, -0.05) is 17.7 Å². The number of anilines is 2. The topological polar surface area (TPSA) is 67.7 Å². The predicted octanol–water partition coefficient (Wildman–Crippen LogP) is 2.67. The summed E-state index contributed by atoms with van der Waals surface area (Å²) >= 11 is 0. The highest BCUT2D eigenvalue weighted by Gasteiger charge is 2.21. The number of fused-ring (bicyclic) bond motifs is 1. The van der Waals surface area contributed by atoms with E-state index in [0.717, 1.165) is 56.0 Å². The van der Waals surface area contributed by atoms with Crippen LogP contribution in [0.25, 0.3) is 11.0 Å². The molecule has 0 radical (unpaired) electrons. The van der Waals surface area contributed by atoms with E-state index in [1.165, 1.54) is 17.5 Å². The van der Waals surface area contributed by atoms with Crippen molar-refractivity contribution in [3.8, 4) is 0 Å². The molecule has 1 aliphatic rings. The maximum Gasteiger partial charge on any atom is 0.291 e. The molecular weight excluding hydrogens is 414 g/mol. The maximum atomic E-state index is 12.3. The van der Waals surface area contributed by atoms with E-state index in [2.05, 4.69) is 53.0 Å². The van der Waals surface area contributed by atoms with Gasteiger partial charge in [-0.2, -0.15) is 0 Å². The second kappa shape index (κ2) is 9.11. The van der Waals surface area contributed by atoms with Gasteiger partial charge in [-0.25, -0.2) is 4.98 Å². The van der Waals surface area contributed by atoms with E-state index in [1.807, 2.05) is 18.2 Å². The monoisotopic (exact) mass is 444 g/mol. The molecule has 1 amide bonds. The molecule has 5 rings (SSSR count). The third kappa shape index (κ3) is 4.64. The number of rotatable bonds is 6. The maximum absolute atomic E-state index is 12.3. The van der Waals surface area contributed by atoms with Gasteiger partial charge in [0.25, 0.3) is 5.91 Å². The van der Waals surface area contributed by atoms with E-state index in [-0.39, 0.29) is 5.91 Å². The average Bonchev–Trinajstić information content (AvgIpc) is 3.47. The molecule has 2 N–H and O–H groups in total. The number of hydrogen-bond acceptors (Lipinski definition) is 4. The van der Waals surface area contributed by atoms with E-state index in [9.17, 15) is 4.79 Å². The van der Waals surface area contributed by atoms with Gasteiger partial charge in [0.05, 0.1) is 56.4 Å². The molecule has 170 valence electrons. The van der Waals surface area contributed by atoms with Gasteiger partial charge in [0.2, 0.25) is 0 Å². The first kappa shape index (κ1) is 21.3. The van der Waals surface area contributed by atoms with Crippen molar-refractivity contribution in [2.45, 2.75) is 13.3 Å². The molecule has 1 fully saturated rings. The summed E-state index contributed by atoms with van der Waals surface area (Å²) in [6, 6.07) is 18.0. The number of hydrogen-bond donors (Lipinski definition) is 2. The van der Waals surface area contributed by atoms with E-state index in [4.69, 9.17) is 9.40 Å². The fourth-order valence-electron chi connectivity index (χ4n) is 4.53. The van der Waals surface area contributed by atoms with Gasteiger partial charge in [0.1, 0.15) is 5.82 Å². The lowest BCUT2D eigenvalue weighted by Crippen LogP contribution is -3.15. The molecule has 33 heavy (non-hydrogen) atoms. The van der Waals surface area contributed by atoms with Gasteiger partial charge in [-0.15, -0.1) is 0 Å². The zero-order valence-electron chi connectivity index (χ0n) is 19.2. The number of furan rings is 1. The largest absolute Gasteiger partial charge is 0.459 e. The third-order valence-corrected chi connectivity index (χ3v) is 6.55. The van der Waals surface area contributed by atoms with Gasteiger partial charge < -0.3 is 24.1 Å². The molecule has 4 aromatic rings. The van der Waals surface area contributed by atoms with Crippen molar-refractivity contribution in [2.75, 3.05) is 42.9 Å². The molecule has 0 atom stereocenters. The van der Waals surface area contributed by atoms with Gasteiger partial charge in [-0.05, 0) is 49.4 Å². The van der Waals surface area contributed by atoms with Crippen LogP contribution in [-0.2, 0) is 13.5 Å². The highest BCUT2D eigenvalue weighted by molar-refractivity contribution is 6.03. The minimum absolute atomic E-state index is 0.260. The SMILES string of the molecule is Cc1ccc(N2CC[NH+](CCc3nc4cc(NC(=O)c5ccco5)ccc4n3C)CC2)cc1. The van der Waals surface area contributed by atoms with E-state index >= 15 is 0 Å². The zero-order chi connectivity index (χ0) is 22.8. The summed E-state index contributed by atoms with van der Waals surface area (Å²) in [4.78, 5) is 21.2. The molecule has 0 unspecified atom stereocenters. The van der Waals surface area contributed by atoms with Crippen LogP contribution < -0.4 is 15.1 Å². The summed E-state index contributed by atoms with van der Waals surface area (Å²) in [5.74, 6) is 1.11. The molecule has 1 saturated heterocycles. The van der Waals surface area contributed by atoms with Crippen LogP contribution in [0.5, 0.6) is 0 Å². The summed E-state index contributed by atoms with van der Waals surface area (Å²) in [6.45, 7) is 7.65. The Morgan fingerprint density at radius 3 is 2.64 bits per heavy atom. The lowest BCUT2D eigenvalue weighted by molar-refractivity contribution is -0.900. The van der Waals surface area contributed by atoms with Crippen LogP contribution in [0.15, 0.2) is 65.3 Å². The van der Waals surface area contributed by atoms with Crippen LogP contribution in [0.3, 0.4) is 0 Å². The van der Waals surface area contributed by atoms with Gasteiger partial charge in [0, 0.05) is 18.4 Å². The summed E-state index contributed by atoms with van der Waals surface area (Å²) in [7, 11) is 2.07. The van der Waals surface area contributed by atoms with Crippen LogP contribution in [-0.4, -0.2) is 48.2 Å². The van der Waals surface area contributed by atoms with Crippen LogP contribution in [0.2, 0.25) is 0 Å². The first-order valence-electron chi connectivity index (χ1n) is 11.5. The van der Waals surface area contributed by atoms with Crippen molar-refractivity contribution < 1.29 is 14.1 Å². The standard InChI is InChI=1S/C26H29N5O2/c1-19-5-8-21(9-6-19)31-15-13-30(14-16-31)12-11-25-28-22-18-20(7-10-23(22)29(25)2)27-26(32)24-4-3-17-33-24/h3-10,17-18H,11-16H2,1-2H3,(H,27,32)/p+1. The van der Waals surface area contributed by atoms with Crippen LogP contribution in [0.1, 0.15) is 21.9 Å². The van der Waals surface area contributed by atoms with Crippen LogP contribution >= 0.6 is 0 Å². The normalized spacial score (nSPS) is 14.7. The molecule has 0 bridgehead atoms. The molecule has 0 aliphatic carbocycles. The Labute approximate surface area is 193 Å². The number of aryl methyl sites for hydroxylation is 2. The quantitative estimate of drug-likeness (QED) is 0.480. The fraction of sp³-hybridized carbons (Fsp3) is 0.308. The lowest BCUT2D eigenvalue weighted by Gasteiger charge is -2.33. The number of benzene rings is 2. The number of nitrogens with zero attached hydrogens (tertiary/aromatic N) is 3. The Morgan fingerprint density at radius 2 is 1.91 bits per heavy atom. The van der Waals surface area contributed by atoms with E-state index < -0.39 is 0 Å². The third-order valence-electron chi connectivity index (χ3n) is 6.55.